The molecule has 2 aromatic rings. The number of nitrogens with zero attached hydrogens (tertiary/aromatic N) is 1. The van der Waals surface area contributed by atoms with Crippen LogP contribution >= 0.6 is 11.6 Å². The Balaban J connectivity index is 1.85. The monoisotopic (exact) mass is 350 g/mol. The minimum atomic E-state index is -3.18. The van der Waals surface area contributed by atoms with Gasteiger partial charge in [-0.25, -0.2) is 13.1 Å². The fourth-order valence-electron chi connectivity index (χ4n) is 2.62. The zero-order valence-corrected chi connectivity index (χ0v) is 14.5. The van der Waals surface area contributed by atoms with Gasteiger partial charge in [-0.2, -0.15) is 0 Å². The molecule has 0 saturated heterocycles. The topological polar surface area (TPSA) is 59.1 Å². The highest BCUT2D eigenvalue weighted by Crippen LogP contribution is 2.48. The number of pyridine rings is 1. The number of halogens is 1. The van der Waals surface area contributed by atoms with Gasteiger partial charge in [-0.3, -0.25) is 4.98 Å². The molecule has 1 aromatic carbocycles. The first kappa shape index (κ1) is 16.4. The normalized spacial score (nSPS) is 16.3. The summed E-state index contributed by atoms with van der Waals surface area (Å²) in [5, 5.41) is 0.685. The Hall–Kier alpha value is -1.43. The fraction of sp³-hybridized carbons (Fsp3) is 0.353. The van der Waals surface area contributed by atoms with Gasteiger partial charge in [-0.15, -0.1) is 0 Å². The van der Waals surface area contributed by atoms with Crippen LogP contribution in [0.15, 0.2) is 42.7 Å². The van der Waals surface area contributed by atoms with Crippen LogP contribution in [0.5, 0.6) is 0 Å². The van der Waals surface area contributed by atoms with Crippen LogP contribution in [-0.2, 0) is 15.4 Å². The third kappa shape index (κ3) is 3.74. The summed E-state index contributed by atoms with van der Waals surface area (Å²) >= 11 is 6.06. The standard InChI is InChI=1S/C17H19ClN2O2S/c1-2-23(21,22)20-12-17(6-7-17)15-8-14(10-19-11-15)13-4-3-5-16(18)9-13/h3-5,8-11,20H,2,6-7,12H2,1H3. The summed E-state index contributed by atoms with van der Waals surface area (Å²) in [5.41, 5.74) is 2.96. The number of aromatic nitrogens is 1. The van der Waals surface area contributed by atoms with Crippen LogP contribution in [0.2, 0.25) is 5.02 Å². The molecule has 0 atom stereocenters. The SMILES string of the molecule is CCS(=O)(=O)NCC1(c2cncc(-c3cccc(Cl)c3)c2)CC1. The van der Waals surface area contributed by atoms with Crippen molar-refractivity contribution in [1.29, 1.82) is 0 Å². The summed E-state index contributed by atoms with van der Waals surface area (Å²) in [5.74, 6) is 0.101. The molecule has 1 aromatic heterocycles. The summed E-state index contributed by atoms with van der Waals surface area (Å²) in [6.07, 6.45) is 5.59. The lowest BCUT2D eigenvalue weighted by molar-refractivity contribution is 0.568. The lowest BCUT2D eigenvalue weighted by atomic mass is 9.95. The molecule has 1 aliphatic carbocycles. The van der Waals surface area contributed by atoms with Crippen LogP contribution in [0.25, 0.3) is 11.1 Å². The van der Waals surface area contributed by atoms with E-state index in [1.807, 2.05) is 36.7 Å². The molecule has 6 heteroatoms. The van der Waals surface area contributed by atoms with E-state index in [1.54, 1.807) is 6.92 Å². The first-order chi connectivity index (χ1) is 10.9. The van der Waals surface area contributed by atoms with Gasteiger partial charge in [0.05, 0.1) is 5.75 Å². The van der Waals surface area contributed by atoms with Gasteiger partial charge in [-0.05, 0) is 49.1 Å². The number of benzene rings is 1. The molecule has 122 valence electrons. The van der Waals surface area contributed by atoms with Crippen LogP contribution in [0.1, 0.15) is 25.3 Å². The van der Waals surface area contributed by atoms with Gasteiger partial charge in [0.25, 0.3) is 0 Å². The Kier molecular flexibility index (Phi) is 4.45. The minimum absolute atomic E-state index is 0.101. The quantitative estimate of drug-likeness (QED) is 0.868. The number of hydrogen-bond donors (Lipinski definition) is 1. The highest BCUT2D eigenvalue weighted by atomic mass is 35.5. The molecule has 0 spiro atoms. The molecule has 0 radical (unpaired) electrons. The summed E-state index contributed by atoms with van der Waals surface area (Å²) in [6.45, 7) is 2.08. The lowest BCUT2D eigenvalue weighted by Gasteiger charge is -2.17. The average Bonchev–Trinajstić information content (AvgIpc) is 3.35. The molecule has 4 nitrogen and oxygen atoms in total. The molecular formula is C17H19ClN2O2S. The highest BCUT2D eigenvalue weighted by Gasteiger charge is 2.45. The van der Waals surface area contributed by atoms with Crippen LogP contribution in [0, 0.1) is 0 Å². The summed E-state index contributed by atoms with van der Waals surface area (Å²) in [7, 11) is -3.18. The number of rotatable bonds is 6. The van der Waals surface area contributed by atoms with E-state index in [-0.39, 0.29) is 11.2 Å². The van der Waals surface area contributed by atoms with Crippen LogP contribution < -0.4 is 4.72 Å². The van der Waals surface area contributed by atoms with Crippen molar-refractivity contribution < 1.29 is 8.42 Å². The summed E-state index contributed by atoms with van der Waals surface area (Å²) in [6, 6.07) is 9.73. The molecule has 0 bridgehead atoms. The summed E-state index contributed by atoms with van der Waals surface area (Å²) < 4.78 is 26.1. The second-order valence-corrected chi connectivity index (χ2v) is 8.51. The van der Waals surface area contributed by atoms with Crippen molar-refractivity contribution in [2.45, 2.75) is 25.2 Å². The zero-order chi connectivity index (χ0) is 16.5. The second-order valence-electron chi connectivity index (χ2n) is 5.98. The second kappa shape index (κ2) is 6.23. The largest absolute Gasteiger partial charge is 0.264 e. The van der Waals surface area contributed by atoms with E-state index in [0.29, 0.717) is 11.6 Å². The van der Waals surface area contributed by atoms with Crippen molar-refractivity contribution in [3.8, 4) is 11.1 Å². The average molecular weight is 351 g/mol. The van der Waals surface area contributed by atoms with Crippen molar-refractivity contribution in [2.75, 3.05) is 12.3 Å². The van der Waals surface area contributed by atoms with E-state index in [4.69, 9.17) is 11.6 Å². The molecule has 1 fully saturated rings. The van der Waals surface area contributed by atoms with E-state index in [1.165, 1.54) is 0 Å². The molecule has 0 aliphatic heterocycles. The van der Waals surface area contributed by atoms with Crippen molar-refractivity contribution >= 4 is 21.6 Å². The molecule has 1 aliphatic rings. The van der Waals surface area contributed by atoms with Gasteiger partial charge < -0.3 is 0 Å². The van der Waals surface area contributed by atoms with Gasteiger partial charge >= 0.3 is 0 Å². The van der Waals surface area contributed by atoms with E-state index >= 15 is 0 Å². The van der Waals surface area contributed by atoms with Crippen LogP contribution in [0.3, 0.4) is 0 Å². The number of hydrogen-bond acceptors (Lipinski definition) is 3. The van der Waals surface area contributed by atoms with Crippen molar-refractivity contribution in [2.24, 2.45) is 0 Å². The maximum Gasteiger partial charge on any atom is 0.211 e. The Morgan fingerprint density at radius 3 is 2.65 bits per heavy atom. The lowest BCUT2D eigenvalue weighted by Crippen LogP contribution is -2.33. The Morgan fingerprint density at radius 1 is 1.22 bits per heavy atom. The minimum Gasteiger partial charge on any atom is -0.264 e. The number of sulfonamides is 1. The van der Waals surface area contributed by atoms with Gasteiger partial charge in [0, 0.05) is 34.9 Å². The van der Waals surface area contributed by atoms with Gasteiger partial charge in [-0.1, -0.05) is 23.7 Å². The molecule has 1 heterocycles. The van der Waals surface area contributed by atoms with Crippen molar-refractivity contribution in [3.63, 3.8) is 0 Å². The van der Waals surface area contributed by atoms with Crippen molar-refractivity contribution in [3.05, 3.63) is 53.3 Å². The van der Waals surface area contributed by atoms with Gasteiger partial charge in [0.15, 0.2) is 0 Å². The molecule has 23 heavy (non-hydrogen) atoms. The van der Waals surface area contributed by atoms with E-state index < -0.39 is 10.0 Å². The van der Waals surface area contributed by atoms with Gasteiger partial charge in [0.1, 0.15) is 0 Å². The molecular weight excluding hydrogens is 332 g/mol. The zero-order valence-electron chi connectivity index (χ0n) is 12.9. The summed E-state index contributed by atoms with van der Waals surface area (Å²) in [4.78, 5) is 4.34. The molecule has 0 unspecified atom stereocenters. The third-order valence-corrected chi connectivity index (χ3v) is 5.95. The smallest absolute Gasteiger partial charge is 0.211 e. The van der Waals surface area contributed by atoms with E-state index in [9.17, 15) is 8.42 Å². The van der Waals surface area contributed by atoms with E-state index in [0.717, 1.165) is 29.5 Å². The molecule has 3 rings (SSSR count). The third-order valence-electron chi connectivity index (χ3n) is 4.37. The van der Waals surface area contributed by atoms with Crippen LogP contribution in [-0.4, -0.2) is 25.7 Å². The Labute approximate surface area is 142 Å². The Morgan fingerprint density at radius 2 is 2.00 bits per heavy atom. The maximum absolute atomic E-state index is 11.7. The van der Waals surface area contributed by atoms with E-state index in [2.05, 4.69) is 15.8 Å². The predicted octanol–water partition coefficient (Wildman–Crippen LogP) is 3.37. The fourth-order valence-corrected chi connectivity index (χ4v) is 3.52. The van der Waals surface area contributed by atoms with Gasteiger partial charge in [0.2, 0.25) is 10.0 Å². The number of nitrogens with one attached hydrogen (secondary N) is 1. The highest BCUT2D eigenvalue weighted by molar-refractivity contribution is 7.89. The molecule has 1 saturated carbocycles. The predicted molar refractivity (Wildman–Crippen MR) is 93.1 cm³/mol. The molecule has 1 N–H and O–H groups in total. The van der Waals surface area contributed by atoms with Crippen molar-refractivity contribution in [1.82, 2.24) is 9.71 Å². The Bertz CT molecular complexity index is 817. The molecule has 0 amide bonds. The first-order valence-electron chi connectivity index (χ1n) is 7.63. The van der Waals surface area contributed by atoms with Crippen LogP contribution in [0.4, 0.5) is 0 Å². The maximum atomic E-state index is 11.7. The first-order valence-corrected chi connectivity index (χ1v) is 9.66.